The third kappa shape index (κ3) is 2.48. The van der Waals surface area contributed by atoms with Gasteiger partial charge in [0.15, 0.2) is 5.82 Å². The lowest BCUT2D eigenvalue weighted by molar-refractivity contribution is 0.319. The minimum atomic E-state index is 0.309. The van der Waals surface area contributed by atoms with Crippen molar-refractivity contribution in [1.82, 2.24) is 15.5 Å². The number of benzene rings is 1. The summed E-state index contributed by atoms with van der Waals surface area (Å²) in [6.07, 6.45) is 5.84. The van der Waals surface area contributed by atoms with Crippen molar-refractivity contribution in [2.45, 2.75) is 43.9 Å². The van der Waals surface area contributed by atoms with Gasteiger partial charge in [-0.1, -0.05) is 29.4 Å². The first-order valence-corrected chi connectivity index (χ1v) is 8.04. The summed E-state index contributed by atoms with van der Waals surface area (Å²) in [6, 6.07) is 8.69. The second kappa shape index (κ2) is 5.60. The molecule has 2 heterocycles. The minimum absolute atomic E-state index is 0.309. The smallest absolute Gasteiger partial charge is 0.231 e. The van der Waals surface area contributed by atoms with Gasteiger partial charge in [0.2, 0.25) is 5.89 Å². The van der Waals surface area contributed by atoms with Crippen molar-refractivity contribution in [3.8, 4) is 0 Å². The van der Waals surface area contributed by atoms with Gasteiger partial charge in [-0.2, -0.15) is 4.98 Å². The fourth-order valence-corrected chi connectivity index (χ4v) is 3.64. The molecule has 21 heavy (non-hydrogen) atoms. The maximum Gasteiger partial charge on any atom is 0.231 e. The zero-order chi connectivity index (χ0) is 14.1. The van der Waals surface area contributed by atoms with Crippen LogP contribution in [0.4, 0.5) is 0 Å². The monoisotopic (exact) mass is 283 g/mol. The molecule has 0 saturated carbocycles. The van der Waals surface area contributed by atoms with Crippen molar-refractivity contribution in [1.29, 1.82) is 0 Å². The highest BCUT2D eigenvalue weighted by atomic mass is 16.5. The van der Waals surface area contributed by atoms with E-state index in [0.717, 1.165) is 37.6 Å². The van der Waals surface area contributed by atoms with E-state index in [1.54, 1.807) is 0 Å². The highest BCUT2D eigenvalue weighted by Crippen LogP contribution is 2.35. The SMILES string of the molecule is c1ccc2c(c1)CCCC2c1noc(C2CCCNC2)n1. The summed E-state index contributed by atoms with van der Waals surface area (Å²) >= 11 is 0. The first kappa shape index (κ1) is 13.0. The fourth-order valence-electron chi connectivity index (χ4n) is 3.64. The number of hydrogen-bond acceptors (Lipinski definition) is 4. The standard InChI is InChI=1S/C17H21N3O/c1-2-8-14-12(5-1)6-3-9-15(14)16-19-17(21-20-16)13-7-4-10-18-11-13/h1-2,5,8,13,15,18H,3-4,6-7,9-11H2. The van der Waals surface area contributed by atoms with Crippen LogP contribution in [0.5, 0.6) is 0 Å². The molecule has 1 aromatic carbocycles. The molecule has 2 aromatic rings. The van der Waals surface area contributed by atoms with Crippen LogP contribution in [-0.2, 0) is 6.42 Å². The summed E-state index contributed by atoms with van der Waals surface area (Å²) in [5, 5.41) is 7.71. The van der Waals surface area contributed by atoms with Crippen molar-refractivity contribution in [3.63, 3.8) is 0 Å². The average Bonchev–Trinajstić information content (AvgIpc) is 3.05. The summed E-state index contributed by atoms with van der Waals surface area (Å²) in [7, 11) is 0. The molecule has 0 bridgehead atoms. The molecule has 1 saturated heterocycles. The lowest BCUT2D eigenvalue weighted by Gasteiger charge is -2.22. The van der Waals surface area contributed by atoms with E-state index in [1.807, 2.05) is 0 Å². The van der Waals surface area contributed by atoms with Gasteiger partial charge in [-0.25, -0.2) is 0 Å². The van der Waals surface area contributed by atoms with Gasteiger partial charge in [-0.15, -0.1) is 0 Å². The molecule has 1 fully saturated rings. The normalized spacial score (nSPS) is 25.5. The zero-order valence-electron chi connectivity index (χ0n) is 12.2. The van der Waals surface area contributed by atoms with Gasteiger partial charge in [-0.05, 0) is 49.8 Å². The minimum Gasteiger partial charge on any atom is -0.339 e. The number of piperidine rings is 1. The second-order valence-corrected chi connectivity index (χ2v) is 6.18. The van der Waals surface area contributed by atoms with Crippen molar-refractivity contribution in [2.75, 3.05) is 13.1 Å². The van der Waals surface area contributed by atoms with Crippen LogP contribution in [0.15, 0.2) is 28.8 Å². The summed E-state index contributed by atoms with van der Waals surface area (Å²) < 4.78 is 5.57. The predicted molar refractivity (Wildman–Crippen MR) is 80.4 cm³/mol. The molecule has 1 N–H and O–H groups in total. The average molecular weight is 283 g/mol. The van der Waals surface area contributed by atoms with Crippen LogP contribution in [0.25, 0.3) is 0 Å². The van der Waals surface area contributed by atoms with Crippen LogP contribution < -0.4 is 5.32 Å². The molecule has 4 nitrogen and oxygen atoms in total. The summed E-state index contributed by atoms with van der Waals surface area (Å²) in [6.45, 7) is 2.07. The summed E-state index contributed by atoms with van der Waals surface area (Å²) in [5.41, 5.74) is 2.83. The first-order chi connectivity index (χ1) is 10.4. The zero-order valence-corrected chi connectivity index (χ0v) is 12.2. The van der Waals surface area contributed by atoms with Crippen molar-refractivity contribution >= 4 is 0 Å². The van der Waals surface area contributed by atoms with E-state index in [1.165, 1.54) is 30.4 Å². The van der Waals surface area contributed by atoms with Crippen molar-refractivity contribution in [3.05, 3.63) is 47.1 Å². The van der Waals surface area contributed by atoms with Crippen LogP contribution in [0.2, 0.25) is 0 Å². The molecule has 0 amide bonds. The van der Waals surface area contributed by atoms with E-state index >= 15 is 0 Å². The Kier molecular flexibility index (Phi) is 3.47. The Hall–Kier alpha value is -1.68. The molecule has 1 aliphatic heterocycles. The Labute approximate surface area is 124 Å². The van der Waals surface area contributed by atoms with E-state index in [9.17, 15) is 0 Å². The molecule has 2 atom stereocenters. The molecular formula is C17H21N3O. The molecule has 2 aliphatic rings. The molecule has 1 aromatic heterocycles. The van der Waals surface area contributed by atoms with Crippen molar-refractivity contribution in [2.24, 2.45) is 0 Å². The predicted octanol–water partition coefficient (Wildman–Crippen LogP) is 3.00. The van der Waals surface area contributed by atoms with Gasteiger partial charge < -0.3 is 9.84 Å². The van der Waals surface area contributed by atoms with E-state index in [-0.39, 0.29) is 0 Å². The van der Waals surface area contributed by atoms with Gasteiger partial charge >= 0.3 is 0 Å². The number of nitrogens with zero attached hydrogens (tertiary/aromatic N) is 2. The van der Waals surface area contributed by atoms with E-state index in [4.69, 9.17) is 9.51 Å². The van der Waals surface area contributed by atoms with Crippen LogP contribution in [0.3, 0.4) is 0 Å². The van der Waals surface area contributed by atoms with E-state index in [0.29, 0.717) is 11.8 Å². The highest BCUT2D eigenvalue weighted by Gasteiger charge is 2.28. The summed E-state index contributed by atoms with van der Waals surface area (Å²) in [5.74, 6) is 2.39. The van der Waals surface area contributed by atoms with Crippen molar-refractivity contribution < 1.29 is 4.52 Å². The van der Waals surface area contributed by atoms with E-state index in [2.05, 4.69) is 34.7 Å². The second-order valence-electron chi connectivity index (χ2n) is 6.18. The topological polar surface area (TPSA) is 51.0 Å². The maximum absolute atomic E-state index is 5.57. The molecule has 1 aliphatic carbocycles. The van der Waals surface area contributed by atoms with Gasteiger partial charge in [0, 0.05) is 12.5 Å². The van der Waals surface area contributed by atoms with Gasteiger partial charge in [0.05, 0.1) is 5.92 Å². The number of hydrogen-bond donors (Lipinski definition) is 1. The first-order valence-electron chi connectivity index (χ1n) is 8.04. The van der Waals surface area contributed by atoms with E-state index < -0.39 is 0 Å². The molecule has 0 radical (unpaired) electrons. The Morgan fingerprint density at radius 2 is 2.10 bits per heavy atom. The molecule has 2 unspecified atom stereocenters. The third-order valence-corrected chi connectivity index (χ3v) is 4.78. The Morgan fingerprint density at radius 3 is 3.00 bits per heavy atom. The largest absolute Gasteiger partial charge is 0.339 e. The number of nitrogens with one attached hydrogen (secondary N) is 1. The molecule has 4 rings (SSSR count). The van der Waals surface area contributed by atoms with Crippen LogP contribution in [-0.4, -0.2) is 23.2 Å². The molecule has 0 spiro atoms. The maximum atomic E-state index is 5.57. The van der Waals surface area contributed by atoms with Gasteiger partial charge in [0.1, 0.15) is 0 Å². The molecule has 4 heteroatoms. The Morgan fingerprint density at radius 1 is 1.14 bits per heavy atom. The Balaban J connectivity index is 1.61. The summed E-state index contributed by atoms with van der Waals surface area (Å²) in [4.78, 5) is 4.74. The van der Waals surface area contributed by atoms with Crippen LogP contribution in [0, 0.1) is 0 Å². The van der Waals surface area contributed by atoms with Crippen LogP contribution in [0.1, 0.15) is 60.4 Å². The van der Waals surface area contributed by atoms with Crippen LogP contribution >= 0.6 is 0 Å². The number of fused-ring (bicyclic) bond motifs is 1. The number of rotatable bonds is 2. The lowest BCUT2D eigenvalue weighted by atomic mass is 9.82. The quantitative estimate of drug-likeness (QED) is 0.920. The lowest BCUT2D eigenvalue weighted by Crippen LogP contribution is -2.28. The molecule has 110 valence electrons. The molecular weight excluding hydrogens is 262 g/mol. The number of aryl methyl sites for hydroxylation is 1. The number of aromatic nitrogens is 2. The highest BCUT2D eigenvalue weighted by molar-refractivity contribution is 5.36. The Bertz CT molecular complexity index is 616. The van der Waals surface area contributed by atoms with Gasteiger partial charge in [-0.3, -0.25) is 0 Å². The third-order valence-electron chi connectivity index (χ3n) is 4.78. The van der Waals surface area contributed by atoms with Gasteiger partial charge in [0.25, 0.3) is 0 Å². The fraction of sp³-hybridized carbons (Fsp3) is 0.529.